The zero-order chi connectivity index (χ0) is 35.4. The third kappa shape index (κ3) is 6.56. The molecule has 2 heterocycles. The summed E-state index contributed by atoms with van der Waals surface area (Å²) < 4.78 is 6.00. The van der Waals surface area contributed by atoms with Crippen molar-refractivity contribution in [2.75, 3.05) is 32.8 Å². The molecule has 0 saturated carbocycles. The van der Waals surface area contributed by atoms with Crippen LogP contribution in [0.3, 0.4) is 0 Å². The number of hydrogen-bond acceptors (Lipinski definition) is 5. The first-order valence-electron chi connectivity index (χ1n) is 18.2. The SMILES string of the molecule is CC[C@H](NC(=O)c1c(CN2CCN(C(=O)OCC3c4ccccc4-c4ccccc43)CC2)c(-c2ccccc2)nc2ccccc12)c1ccccc1. The second-order valence-corrected chi connectivity index (χ2v) is 13.6. The average Bonchev–Trinajstić information content (AvgIpc) is 3.53. The summed E-state index contributed by atoms with van der Waals surface area (Å²) in [5.41, 5.74) is 9.99. The van der Waals surface area contributed by atoms with Gasteiger partial charge in [0, 0.05) is 55.2 Å². The van der Waals surface area contributed by atoms with Crippen LogP contribution in [0.4, 0.5) is 4.79 Å². The number of fused-ring (bicyclic) bond motifs is 4. The Morgan fingerprint density at radius 3 is 2.02 bits per heavy atom. The summed E-state index contributed by atoms with van der Waals surface area (Å²) >= 11 is 0. The number of hydrogen-bond donors (Lipinski definition) is 1. The van der Waals surface area contributed by atoms with Gasteiger partial charge in [0.15, 0.2) is 0 Å². The van der Waals surface area contributed by atoms with Crippen LogP contribution in [-0.2, 0) is 11.3 Å². The molecule has 2 aliphatic rings. The van der Waals surface area contributed by atoms with Crippen molar-refractivity contribution in [1.29, 1.82) is 0 Å². The lowest BCUT2D eigenvalue weighted by Crippen LogP contribution is -2.48. The number of carbonyl (C=O) groups is 2. The lowest BCUT2D eigenvalue weighted by Gasteiger charge is -2.35. The number of nitrogens with zero attached hydrogens (tertiary/aromatic N) is 3. The van der Waals surface area contributed by atoms with Gasteiger partial charge in [0.05, 0.1) is 22.8 Å². The van der Waals surface area contributed by atoms with Crippen molar-refractivity contribution in [3.63, 3.8) is 0 Å². The molecule has 0 spiro atoms. The van der Waals surface area contributed by atoms with Crippen molar-refractivity contribution in [3.8, 4) is 22.4 Å². The van der Waals surface area contributed by atoms with Crippen LogP contribution in [0, 0.1) is 0 Å². The topological polar surface area (TPSA) is 74.8 Å². The van der Waals surface area contributed by atoms with Gasteiger partial charge in [-0.05, 0) is 40.3 Å². The van der Waals surface area contributed by atoms with Crippen molar-refractivity contribution in [2.45, 2.75) is 31.8 Å². The molecule has 260 valence electrons. The predicted octanol–water partition coefficient (Wildman–Crippen LogP) is 8.85. The summed E-state index contributed by atoms with van der Waals surface area (Å²) in [7, 11) is 0. The van der Waals surface area contributed by atoms with Crippen molar-refractivity contribution >= 4 is 22.9 Å². The molecule has 1 aromatic heterocycles. The monoisotopic (exact) mass is 686 g/mol. The Labute approximate surface area is 304 Å². The predicted molar refractivity (Wildman–Crippen MR) is 206 cm³/mol. The fraction of sp³-hybridized carbons (Fsp3) is 0.222. The number of rotatable bonds is 9. The highest BCUT2D eigenvalue weighted by molar-refractivity contribution is 6.09. The molecule has 1 N–H and O–H groups in total. The Morgan fingerprint density at radius 1 is 0.750 bits per heavy atom. The van der Waals surface area contributed by atoms with Crippen LogP contribution in [0.15, 0.2) is 133 Å². The van der Waals surface area contributed by atoms with Crippen molar-refractivity contribution < 1.29 is 14.3 Å². The third-order valence-electron chi connectivity index (χ3n) is 10.5. The van der Waals surface area contributed by atoms with E-state index in [1.807, 2.05) is 72.8 Å². The third-order valence-corrected chi connectivity index (χ3v) is 10.5. The highest BCUT2D eigenvalue weighted by atomic mass is 16.6. The van der Waals surface area contributed by atoms with Crippen LogP contribution in [0.2, 0.25) is 0 Å². The quantitative estimate of drug-likeness (QED) is 0.165. The highest BCUT2D eigenvalue weighted by Crippen LogP contribution is 2.44. The zero-order valence-electron chi connectivity index (χ0n) is 29.4. The minimum absolute atomic E-state index is 0.0215. The lowest BCUT2D eigenvalue weighted by molar-refractivity contribution is 0.0728. The molecule has 7 nitrogen and oxygen atoms in total. The molecule has 1 saturated heterocycles. The summed E-state index contributed by atoms with van der Waals surface area (Å²) in [6.07, 6.45) is 0.475. The maximum absolute atomic E-state index is 14.5. The maximum Gasteiger partial charge on any atom is 0.409 e. The first-order chi connectivity index (χ1) is 25.6. The molecule has 1 aliphatic heterocycles. The zero-order valence-corrected chi connectivity index (χ0v) is 29.4. The van der Waals surface area contributed by atoms with Crippen molar-refractivity contribution in [1.82, 2.24) is 20.1 Å². The molecular formula is C45H42N4O3. The second-order valence-electron chi connectivity index (χ2n) is 13.6. The Morgan fingerprint density at radius 2 is 1.35 bits per heavy atom. The molecule has 1 aliphatic carbocycles. The summed E-state index contributed by atoms with van der Waals surface area (Å²) in [4.78, 5) is 37.2. The van der Waals surface area contributed by atoms with Gasteiger partial charge in [0.25, 0.3) is 5.91 Å². The Bertz CT molecular complexity index is 2170. The number of pyridine rings is 1. The van der Waals surface area contributed by atoms with Gasteiger partial charge >= 0.3 is 6.09 Å². The first-order valence-corrected chi connectivity index (χ1v) is 18.2. The minimum atomic E-state index is -0.287. The van der Waals surface area contributed by atoms with E-state index in [4.69, 9.17) is 9.72 Å². The molecule has 0 bridgehead atoms. The normalized spacial score (nSPS) is 14.8. The van der Waals surface area contributed by atoms with Crippen LogP contribution in [0.5, 0.6) is 0 Å². The molecule has 0 unspecified atom stereocenters. The fourth-order valence-corrected chi connectivity index (χ4v) is 7.83. The number of carbonyl (C=O) groups excluding carboxylic acids is 2. The number of aromatic nitrogens is 1. The van der Waals surface area contributed by atoms with Crippen LogP contribution in [0.25, 0.3) is 33.3 Å². The van der Waals surface area contributed by atoms with E-state index >= 15 is 0 Å². The summed E-state index contributed by atoms with van der Waals surface area (Å²) in [6, 6.07) is 44.8. The van der Waals surface area contributed by atoms with E-state index < -0.39 is 0 Å². The molecule has 8 rings (SSSR count). The number of benzene rings is 5. The van der Waals surface area contributed by atoms with Gasteiger partial charge in [-0.25, -0.2) is 9.78 Å². The van der Waals surface area contributed by atoms with E-state index in [0.29, 0.717) is 44.9 Å². The number of para-hydroxylation sites is 1. The van der Waals surface area contributed by atoms with Gasteiger partial charge in [-0.3, -0.25) is 9.69 Å². The van der Waals surface area contributed by atoms with Gasteiger partial charge in [-0.15, -0.1) is 0 Å². The first kappa shape index (κ1) is 33.4. The molecule has 6 aromatic rings. The Balaban J connectivity index is 1.03. The van der Waals surface area contributed by atoms with Crippen molar-refractivity contribution in [2.24, 2.45) is 0 Å². The Hall–Kier alpha value is -5.79. The second kappa shape index (κ2) is 14.8. The molecule has 1 atom stereocenters. The van der Waals surface area contributed by atoms with Gasteiger partial charge in [-0.1, -0.05) is 134 Å². The minimum Gasteiger partial charge on any atom is -0.448 e. The molecule has 5 aromatic carbocycles. The lowest BCUT2D eigenvalue weighted by atomic mass is 9.94. The van der Waals surface area contributed by atoms with E-state index in [-0.39, 0.29) is 24.0 Å². The maximum atomic E-state index is 14.5. The number of ether oxygens (including phenoxy) is 1. The van der Waals surface area contributed by atoms with Gasteiger partial charge in [0.1, 0.15) is 6.61 Å². The molecule has 0 radical (unpaired) electrons. The van der Waals surface area contributed by atoms with Crippen LogP contribution in [-0.4, -0.2) is 59.6 Å². The van der Waals surface area contributed by atoms with Crippen molar-refractivity contribution in [3.05, 3.63) is 161 Å². The fourth-order valence-electron chi connectivity index (χ4n) is 7.83. The van der Waals surface area contributed by atoms with Crippen LogP contribution >= 0.6 is 0 Å². The summed E-state index contributed by atoms with van der Waals surface area (Å²) in [5.74, 6) is -0.0908. The van der Waals surface area contributed by atoms with E-state index in [1.54, 1.807) is 4.90 Å². The summed E-state index contributed by atoms with van der Waals surface area (Å²) in [5, 5.41) is 4.19. The largest absolute Gasteiger partial charge is 0.448 e. The highest BCUT2D eigenvalue weighted by Gasteiger charge is 2.31. The molecular weight excluding hydrogens is 645 g/mol. The van der Waals surface area contributed by atoms with Crippen LogP contribution < -0.4 is 5.32 Å². The summed E-state index contributed by atoms with van der Waals surface area (Å²) in [6.45, 7) is 5.27. The Kier molecular flexibility index (Phi) is 9.51. The molecule has 1 fully saturated rings. The average molecular weight is 687 g/mol. The number of amides is 2. The smallest absolute Gasteiger partial charge is 0.409 e. The molecule has 7 heteroatoms. The van der Waals surface area contributed by atoms with Crippen LogP contribution in [0.1, 0.15) is 57.9 Å². The number of nitrogens with one attached hydrogen (secondary N) is 1. The molecule has 52 heavy (non-hydrogen) atoms. The van der Waals surface area contributed by atoms with E-state index in [9.17, 15) is 9.59 Å². The van der Waals surface area contributed by atoms with E-state index in [0.717, 1.165) is 39.7 Å². The molecule has 2 amide bonds. The standard InChI is InChI=1S/C45H42N4O3/c1-2-40(31-15-5-3-6-16-31)47-44(50)42-37-23-13-14-24-41(37)46-43(32-17-7-4-8-18-32)38(42)29-48-25-27-49(28-26-48)45(51)52-30-39-35-21-11-9-19-33(35)34-20-10-12-22-36(34)39/h3-24,39-40H,2,25-30H2,1H3,(H,47,50)/t40-/m0/s1. The van der Waals surface area contributed by atoms with Gasteiger partial charge in [-0.2, -0.15) is 0 Å². The van der Waals surface area contributed by atoms with E-state index in [2.05, 4.69) is 77.8 Å². The van der Waals surface area contributed by atoms with Gasteiger partial charge < -0.3 is 15.0 Å². The number of piperazine rings is 1. The van der Waals surface area contributed by atoms with E-state index in [1.165, 1.54) is 22.3 Å². The van der Waals surface area contributed by atoms with Gasteiger partial charge in [0.2, 0.25) is 0 Å².